The summed E-state index contributed by atoms with van der Waals surface area (Å²) in [4.78, 5) is 25.1. The Morgan fingerprint density at radius 1 is 1.35 bits per heavy atom. The van der Waals surface area contributed by atoms with E-state index in [-0.39, 0.29) is 0 Å². The molecule has 0 bridgehead atoms. The molecule has 1 heterocycles. The van der Waals surface area contributed by atoms with Crippen LogP contribution in [0.4, 0.5) is 5.69 Å². The maximum atomic E-state index is 11.8. The van der Waals surface area contributed by atoms with E-state index in [1.165, 1.54) is 4.90 Å². The average molecular weight is 270 g/mol. The number of ketones is 1. The Hall–Kier alpha value is -1.00. The molecule has 3 nitrogen and oxygen atoms in total. The van der Waals surface area contributed by atoms with Crippen molar-refractivity contribution in [1.82, 2.24) is 0 Å². The number of thioether (sulfide) groups is 1. The zero-order valence-electron chi connectivity index (χ0n) is 9.40. The summed E-state index contributed by atoms with van der Waals surface area (Å²) in [5, 5.41) is 0.355. The lowest BCUT2D eigenvalue weighted by Gasteiger charge is -2.15. The van der Waals surface area contributed by atoms with Crippen molar-refractivity contribution in [1.29, 1.82) is 0 Å². The van der Waals surface area contributed by atoms with Crippen LogP contribution in [0.1, 0.15) is 16.8 Å². The van der Waals surface area contributed by atoms with Crippen LogP contribution in [0.2, 0.25) is 5.02 Å². The molecule has 1 amide bonds. The fourth-order valence-corrected chi connectivity index (χ4v) is 2.56. The summed E-state index contributed by atoms with van der Waals surface area (Å²) < 4.78 is 0. The lowest BCUT2D eigenvalue weighted by Crippen LogP contribution is -2.30. The van der Waals surface area contributed by atoms with E-state index in [2.05, 4.69) is 0 Å². The van der Waals surface area contributed by atoms with Gasteiger partial charge in [-0.05, 0) is 30.6 Å². The fraction of sp³-hybridized carbons (Fsp3) is 0.333. The lowest BCUT2D eigenvalue weighted by molar-refractivity contribution is -0.114. The highest BCUT2D eigenvalue weighted by atomic mass is 35.5. The van der Waals surface area contributed by atoms with Gasteiger partial charge < -0.3 is 4.90 Å². The molecule has 1 aliphatic rings. The summed E-state index contributed by atoms with van der Waals surface area (Å²) in [5.74, 6) is 0.0115. The van der Waals surface area contributed by atoms with E-state index < -0.39 is 11.7 Å². The molecule has 0 radical (unpaired) electrons. The number of rotatable bonds is 4. The van der Waals surface area contributed by atoms with Crippen molar-refractivity contribution in [3.63, 3.8) is 0 Å². The fourth-order valence-electron chi connectivity index (χ4n) is 1.89. The van der Waals surface area contributed by atoms with Crippen molar-refractivity contribution in [3.8, 4) is 0 Å². The van der Waals surface area contributed by atoms with Crippen molar-refractivity contribution in [2.45, 2.75) is 6.42 Å². The van der Waals surface area contributed by atoms with E-state index >= 15 is 0 Å². The molecule has 0 atom stereocenters. The van der Waals surface area contributed by atoms with E-state index in [0.717, 1.165) is 12.2 Å². The zero-order chi connectivity index (χ0) is 12.4. The Balaban J connectivity index is 2.29. The van der Waals surface area contributed by atoms with E-state index in [9.17, 15) is 9.59 Å². The molecule has 0 N–H and O–H groups in total. The van der Waals surface area contributed by atoms with Gasteiger partial charge in [-0.25, -0.2) is 0 Å². The average Bonchev–Trinajstić information content (AvgIpc) is 2.55. The smallest absolute Gasteiger partial charge is 0.299 e. The maximum absolute atomic E-state index is 11.8. The second kappa shape index (κ2) is 5.10. The number of carbonyl (C=O) groups excluding carboxylic acids is 2. The molecule has 0 unspecified atom stereocenters. The molecule has 17 heavy (non-hydrogen) atoms. The standard InChI is InChI=1S/C12H12ClNO2S/c1-17-7-3-6-14-9-5-2-4-8(13)10(9)11(15)12(14)16/h2,4-5H,3,6-7H2,1H3. The topological polar surface area (TPSA) is 37.4 Å². The highest BCUT2D eigenvalue weighted by molar-refractivity contribution is 7.98. The van der Waals surface area contributed by atoms with Gasteiger partial charge in [-0.15, -0.1) is 0 Å². The molecule has 1 aliphatic heterocycles. The van der Waals surface area contributed by atoms with Crippen LogP contribution in [-0.2, 0) is 4.79 Å². The highest BCUT2D eigenvalue weighted by Gasteiger charge is 2.36. The van der Waals surface area contributed by atoms with Gasteiger partial charge in [0, 0.05) is 6.54 Å². The summed E-state index contributed by atoms with van der Waals surface area (Å²) in [6.07, 6.45) is 2.88. The molecular formula is C12H12ClNO2S. The third-order valence-electron chi connectivity index (χ3n) is 2.68. The van der Waals surface area contributed by atoms with Crippen molar-refractivity contribution in [2.75, 3.05) is 23.5 Å². The largest absolute Gasteiger partial charge is 0.305 e. The van der Waals surface area contributed by atoms with Crippen LogP contribution in [-0.4, -0.2) is 30.2 Å². The molecule has 0 aromatic heterocycles. The molecule has 0 saturated heterocycles. The van der Waals surface area contributed by atoms with Gasteiger partial charge in [0.1, 0.15) is 0 Å². The predicted molar refractivity (Wildman–Crippen MR) is 71.1 cm³/mol. The van der Waals surface area contributed by atoms with Crippen LogP contribution in [0.15, 0.2) is 18.2 Å². The molecule has 0 spiro atoms. The Morgan fingerprint density at radius 2 is 2.12 bits per heavy atom. The number of fused-ring (bicyclic) bond motifs is 1. The van der Waals surface area contributed by atoms with Crippen LogP contribution in [0, 0.1) is 0 Å². The van der Waals surface area contributed by atoms with Gasteiger partial charge in [0.05, 0.1) is 16.3 Å². The number of carbonyl (C=O) groups is 2. The van der Waals surface area contributed by atoms with Gasteiger partial charge in [0.2, 0.25) is 0 Å². The van der Waals surface area contributed by atoms with E-state index in [1.54, 1.807) is 30.0 Å². The Bertz CT molecular complexity index is 476. The first kappa shape index (κ1) is 12.5. The zero-order valence-corrected chi connectivity index (χ0v) is 11.0. The minimum absolute atomic E-state index is 0.350. The van der Waals surface area contributed by atoms with Gasteiger partial charge in [-0.2, -0.15) is 11.8 Å². The molecule has 2 rings (SSSR count). The molecule has 0 saturated carbocycles. The van der Waals surface area contributed by atoms with E-state index in [1.807, 2.05) is 6.26 Å². The van der Waals surface area contributed by atoms with Crippen LogP contribution >= 0.6 is 23.4 Å². The van der Waals surface area contributed by atoms with Crippen LogP contribution in [0.3, 0.4) is 0 Å². The van der Waals surface area contributed by atoms with Gasteiger partial charge in [0.25, 0.3) is 11.7 Å². The summed E-state index contributed by atoms with van der Waals surface area (Å²) in [5.41, 5.74) is 0.997. The van der Waals surface area contributed by atoms with Crippen molar-refractivity contribution in [2.24, 2.45) is 0 Å². The molecule has 1 aromatic carbocycles. The van der Waals surface area contributed by atoms with Crippen molar-refractivity contribution >= 4 is 40.7 Å². The molecule has 90 valence electrons. The second-order valence-electron chi connectivity index (χ2n) is 3.77. The van der Waals surface area contributed by atoms with Crippen LogP contribution in [0.5, 0.6) is 0 Å². The van der Waals surface area contributed by atoms with Crippen molar-refractivity contribution in [3.05, 3.63) is 28.8 Å². The monoisotopic (exact) mass is 269 g/mol. The molecular weight excluding hydrogens is 258 g/mol. The minimum atomic E-state index is -0.491. The summed E-state index contributed by atoms with van der Waals surface area (Å²) >= 11 is 7.68. The molecule has 0 fully saturated rings. The predicted octanol–water partition coefficient (Wildman–Crippen LogP) is 2.62. The number of halogens is 1. The normalized spacial score (nSPS) is 14.4. The lowest BCUT2D eigenvalue weighted by atomic mass is 10.1. The Morgan fingerprint density at radius 3 is 2.82 bits per heavy atom. The minimum Gasteiger partial charge on any atom is -0.305 e. The number of hydrogen-bond acceptors (Lipinski definition) is 3. The van der Waals surface area contributed by atoms with Crippen LogP contribution in [0.25, 0.3) is 0 Å². The second-order valence-corrected chi connectivity index (χ2v) is 5.16. The number of benzene rings is 1. The van der Waals surface area contributed by atoms with Gasteiger partial charge in [-0.1, -0.05) is 17.7 Å². The maximum Gasteiger partial charge on any atom is 0.299 e. The highest BCUT2D eigenvalue weighted by Crippen LogP contribution is 2.34. The quantitative estimate of drug-likeness (QED) is 0.623. The third-order valence-corrected chi connectivity index (χ3v) is 3.69. The first-order valence-electron chi connectivity index (χ1n) is 5.30. The Labute approximate surface area is 109 Å². The first-order valence-corrected chi connectivity index (χ1v) is 7.07. The van der Waals surface area contributed by atoms with Gasteiger partial charge in [0.15, 0.2) is 0 Å². The number of nitrogens with zero attached hydrogens (tertiary/aromatic N) is 1. The SMILES string of the molecule is CSCCCN1C(=O)C(=O)c2c(Cl)cccc21. The molecule has 5 heteroatoms. The Kier molecular flexibility index (Phi) is 3.74. The number of anilines is 1. The first-order chi connectivity index (χ1) is 8.16. The number of amides is 1. The van der Waals surface area contributed by atoms with Gasteiger partial charge >= 0.3 is 0 Å². The summed E-state index contributed by atoms with van der Waals surface area (Å²) in [6, 6.07) is 5.16. The third kappa shape index (κ3) is 2.19. The number of hydrogen-bond donors (Lipinski definition) is 0. The van der Waals surface area contributed by atoms with Gasteiger partial charge in [-0.3, -0.25) is 9.59 Å². The van der Waals surface area contributed by atoms with E-state index in [0.29, 0.717) is 22.8 Å². The summed E-state index contributed by atoms with van der Waals surface area (Å²) in [6.45, 7) is 0.568. The summed E-state index contributed by atoms with van der Waals surface area (Å²) in [7, 11) is 0. The van der Waals surface area contributed by atoms with E-state index in [4.69, 9.17) is 11.6 Å². The van der Waals surface area contributed by atoms with Crippen molar-refractivity contribution < 1.29 is 9.59 Å². The number of Topliss-reactive ketones (excluding diaryl/α,β-unsaturated/α-hetero) is 1. The molecule has 0 aliphatic carbocycles. The van der Waals surface area contributed by atoms with Crippen LogP contribution < -0.4 is 4.90 Å². The molecule has 1 aromatic rings.